The van der Waals surface area contributed by atoms with Gasteiger partial charge in [0.2, 0.25) is 0 Å². The summed E-state index contributed by atoms with van der Waals surface area (Å²) < 4.78 is 0. The smallest absolute Gasteiger partial charge is 0.253 e. The van der Waals surface area contributed by atoms with E-state index < -0.39 is 0 Å². The number of carbonyl (C=O) groups excluding carboxylic acids is 1. The summed E-state index contributed by atoms with van der Waals surface area (Å²) >= 11 is 0. The van der Waals surface area contributed by atoms with Crippen molar-refractivity contribution in [2.24, 2.45) is 0 Å². The number of benzene rings is 3. The summed E-state index contributed by atoms with van der Waals surface area (Å²) in [5, 5.41) is 8.99. The number of nitrogens with one attached hydrogen (secondary N) is 1. The van der Waals surface area contributed by atoms with E-state index in [4.69, 9.17) is 10.2 Å². The number of aryl methyl sites for hydroxylation is 1. The largest absolute Gasteiger partial charge is 0.339 e. The zero-order valence-electron chi connectivity index (χ0n) is 18.0. The molecule has 0 spiro atoms. The minimum absolute atomic E-state index is 0.0700. The zero-order valence-corrected chi connectivity index (χ0v) is 18.0. The number of aromatic amines is 1. The van der Waals surface area contributed by atoms with Crippen LogP contribution in [-0.4, -0.2) is 33.9 Å². The molecule has 1 aliphatic rings. The second-order valence-corrected chi connectivity index (χ2v) is 8.43. The lowest BCUT2D eigenvalue weighted by molar-refractivity contribution is 0.0713. The lowest BCUT2D eigenvalue weighted by atomic mass is 9.89. The Morgan fingerprint density at radius 3 is 2.53 bits per heavy atom. The first-order chi connectivity index (χ1) is 15.6. The number of likely N-dealkylation sites (tertiary alicyclic amines) is 1. The fourth-order valence-electron chi connectivity index (χ4n) is 4.52. The Morgan fingerprint density at radius 2 is 1.81 bits per heavy atom. The first-order valence-electron chi connectivity index (χ1n) is 11.0. The molecule has 3 aromatic carbocycles. The SMILES string of the molecule is Cc1ccc(C(=O)N2CCC(c3ccc(C#N)cc3)CC2)cc1-c1nc2ccccc2[nH]1. The lowest BCUT2D eigenvalue weighted by Gasteiger charge is -2.32. The van der Waals surface area contributed by atoms with E-state index in [2.05, 4.69) is 11.1 Å². The maximum Gasteiger partial charge on any atom is 0.253 e. The van der Waals surface area contributed by atoms with E-state index in [1.165, 1.54) is 5.56 Å². The molecule has 4 aromatic rings. The molecule has 0 radical (unpaired) electrons. The van der Waals surface area contributed by atoms with Crippen LogP contribution in [0.25, 0.3) is 22.4 Å². The number of aromatic nitrogens is 2. The number of carbonyl (C=O) groups is 1. The molecule has 1 aliphatic heterocycles. The highest BCUT2D eigenvalue weighted by molar-refractivity contribution is 5.96. The van der Waals surface area contributed by atoms with E-state index in [9.17, 15) is 4.79 Å². The van der Waals surface area contributed by atoms with Crippen LogP contribution >= 0.6 is 0 Å². The molecular formula is C27H24N4O. The van der Waals surface area contributed by atoms with E-state index in [1.54, 1.807) is 0 Å². The topological polar surface area (TPSA) is 72.8 Å². The number of imidazole rings is 1. The van der Waals surface area contributed by atoms with Gasteiger partial charge in [0, 0.05) is 24.2 Å². The maximum atomic E-state index is 13.3. The number of piperidine rings is 1. The van der Waals surface area contributed by atoms with Gasteiger partial charge in [-0.25, -0.2) is 4.98 Å². The lowest BCUT2D eigenvalue weighted by Crippen LogP contribution is -2.37. The van der Waals surface area contributed by atoms with E-state index >= 15 is 0 Å². The number of fused-ring (bicyclic) bond motifs is 1. The van der Waals surface area contributed by atoms with Gasteiger partial charge < -0.3 is 9.88 Å². The predicted molar refractivity (Wildman–Crippen MR) is 125 cm³/mol. The Kier molecular flexibility index (Phi) is 5.20. The molecule has 0 aliphatic carbocycles. The number of para-hydroxylation sites is 2. The minimum atomic E-state index is 0.0700. The molecule has 0 unspecified atom stereocenters. The molecule has 1 amide bonds. The molecule has 0 bridgehead atoms. The van der Waals surface area contributed by atoms with E-state index in [-0.39, 0.29) is 5.91 Å². The van der Waals surface area contributed by atoms with Crippen molar-refractivity contribution in [1.29, 1.82) is 5.26 Å². The van der Waals surface area contributed by atoms with Crippen molar-refractivity contribution in [3.05, 3.63) is 89.0 Å². The van der Waals surface area contributed by atoms with Gasteiger partial charge in [0.25, 0.3) is 5.91 Å². The first-order valence-corrected chi connectivity index (χ1v) is 11.0. The zero-order chi connectivity index (χ0) is 22.1. The Morgan fingerprint density at radius 1 is 1.06 bits per heavy atom. The Balaban J connectivity index is 1.32. The van der Waals surface area contributed by atoms with Crippen molar-refractivity contribution in [3.63, 3.8) is 0 Å². The third kappa shape index (κ3) is 3.76. The van der Waals surface area contributed by atoms with Gasteiger partial charge in [-0.15, -0.1) is 0 Å². The van der Waals surface area contributed by atoms with Crippen LogP contribution in [0.3, 0.4) is 0 Å². The highest BCUT2D eigenvalue weighted by Crippen LogP contribution is 2.30. The summed E-state index contributed by atoms with van der Waals surface area (Å²) in [5.74, 6) is 1.29. The van der Waals surface area contributed by atoms with Crippen molar-refractivity contribution in [2.45, 2.75) is 25.7 Å². The second-order valence-electron chi connectivity index (χ2n) is 8.43. The number of H-pyrrole nitrogens is 1. The van der Waals surface area contributed by atoms with Crippen molar-refractivity contribution < 1.29 is 4.79 Å². The molecule has 1 N–H and O–H groups in total. The summed E-state index contributed by atoms with van der Waals surface area (Å²) in [5.41, 5.74) is 6.58. The van der Waals surface area contributed by atoms with Gasteiger partial charge in [0.05, 0.1) is 22.7 Å². The van der Waals surface area contributed by atoms with Crippen LogP contribution in [0.5, 0.6) is 0 Å². The minimum Gasteiger partial charge on any atom is -0.339 e. The first kappa shape index (κ1) is 20.0. The van der Waals surface area contributed by atoms with Crippen LogP contribution in [0.4, 0.5) is 0 Å². The number of hydrogen-bond acceptors (Lipinski definition) is 3. The Hall–Kier alpha value is -3.91. The average molecular weight is 421 g/mol. The van der Waals surface area contributed by atoms with Crippen LogP contribution < -0.4 is 0 Å². The molecule has 0 atom stereocenters. The molecule has 5 heteroatoms. The predicted octanol–water partition coefficient (Wildman–Crippen LogP) is 5.43. The summed E-state index contributed by atoms with van der Waals surface area (Å²) in [6, 6.07) is 23.8. The highest BCUT2D eigenvalue weighted by atomic mass is 16.2. The van der Waals surface area contributed by atoms with Gasteiger partial charge in [-0.2, -0.15) is 5.26 Å². The van der Waals surface area contributed by atoms with E-state index in [1.807, 2.05) is 78.6 Å². The molecular weight excluding hydrogens is 396 g/mol. The quantitative estimate of drug-likeness (QED) is 0.480. The second kappa shape index (κ2) is 8.32. The van der Waals surface area contributed by atoms with Gasteiger partial charge in [-0.1, -0.05) is 30.3 Å². The van der Waals surface area contributed by atoms with Crippen molar-refractivity contribution >= 4 is 16.9 Å². The molecule has 1 fully saturated rings. The number of rotatable bonds is 3. The number of nitrogens with zero attached hydrogens (tertiary/aromatic N) is 3. The van der Waals surface area contributed by atoms with E-state index in [0.29, 0.717) is 17.0 Å². The standard InChI is InChI=1S/C27H24N4O/c1-18-6-9-22(16-23(18)26-29-24-4-2-3-5-25(24)30-26)27(32)31-14-12-21(13-15-31)20-10-7-19(17-28)8-11-20/h2-11,16,21H,12-15H2,1H3,(H,29,30). The molecule has 5 rings (SSSR count). The van der Waals surface area contributed by atoms with Crippen LogP contribution in [-0.2, 0) is 0 Å². The molecule has 1 saturated heterocycles. The van der Waals surface area contributed by atoms with Crippen LogP contribution in [0.1, 0.15) is 45.8 Å². The molecule has 158 valence electrons. The third-order valence-electron chi connectivity index (χ3n) is 6.42. The molecule has 1 aromatic heterocycles. The normalized spacial score (nSPS) is 14.4. The Labute approximate surface area is 187 Å². The molecule has 0 saturated carbocycles. The summed E-state index contributed by atoms with van der Waals surface area (Å²) in [6.07, 6.45) is 1.86. The van der Waals surface area contributed by atoms with Crippen molar-refractivity contribution in [1.82, 2.24) is 14.9 Å². The fraction of sp³-hybridized carbons (Fsp3) is 0.222. The average Bonchev–Trinajstić information content (AvgIpc) is 3.28. The number of amides is 1. The summed E-state index contributed by atoms with van der Waals surface area (Å²) in [6.45, 7) is 3.51. The monoisotopic (exact) mass is 420 g/mol. The highest BCUT2D eigenvalue weighted by Gasteiger charge is 2.25. The van der Waals surface area contributed by atoms with Crippen LogP contribution in [0.2, 0.25) is 0 Å². The maximum absolute atomic E-state index is 13.3. The third-order valence-corrected chi connectivity index (χ3v) is 6.42. The van der Waals surface area contributed by atoms with Gasteiger partial charge >= 0.3 is 0 Å². The number of hydrogen-bond donors (Lipinski definition) is 1. The van der Waals surface area contributed by atoms with Gasteiger partial charge in [0.15, 0.2) is 0 Å². The van der Waals surface area contributed by atoms with Crippen LogP contribution in [0, 0.1) is 18.3 Å². The van der Waals surface area contributed by atoms with Gasteiger partial charge in [-0.3, -0.25) is 4.79 Å². The van der Waals surface area contributed by atoms with Crippen LogP contribution in [0.15, 0.2) is 66.7 Å². The summed E-state index contributed by atoms with van der Waals surface area (Å²) in [4.78, 5) is 23.3. The van der Waals surface area contributed by atoms with Crippen molar-refractivity contribution in [2.75, 3.05) is 13.1 Å². The van der Waals surface area contributed by atoms with Gasteiger partial charge in [0.1, 0.15) is 5.82 Å². The fourth-order valence-corrected chi connectivity index (χ4v) is 4.52. The van der Waals surface area contributed by atoms with Crippen molar-refractivity contribution in [3.8, 4) is 17.5 Å². The summed E-state index contributed by atoms with van der Waals surface area (Å²) in [7, 11) is 0. The number of nitriles is 1. The molecule has 2 heterocycles. The molecule has 5 nitrogen and oxygen atoms in total. The van der Waals surface area contributed by atoms with E-state index in [0.717, 1.165) is 53.9 Å². The molecule has 32 heavy (non-hydrogen) atoms. The Bertz CT molecular complexity index is 1290. The van der Waals surface area contributed by atoms with Gasteiger partial charge in [-0.05, 0) is 73.2 Å².